The van der Waals surface area contributed by atoms with Crippen LogP contribution in [-0.2, 0) is 7.05 Å². The van der Waals surface area contributed by atoms with Gasteiger partial charge in [0, 0.05) is 24.5 Å². The summed E-state index contributed by atoms with van der Waals surface area (Å²) >= 11 is 0. The molecule has 2 aromatic rings. The number of carbonyl (C=O) groups is 1. The molecule has 5 nitrogen and oxygen atoms in total. The number of nitrogens with one attached hydrogen (secondary N) is 1. The highest BCUT2D eigenvalue weighted by Crippen LogP contribution is 2.22. The first-order valence-electron chi connectivity index (χ1n) is 5.65. The summed E-state index contributed by atoms with van der Waals surface area (Å²) in [5, 5.41) is 16.3. The molecule has 5 heteroatoms. The fraction of sp³-hybridized carbons (Fsp3) is 0.231. The van der Waals surface area contributed by atoms with Gasteiger partial charge in [0.1, 0.15) is 0 Å². The predicted octanol–water partition coefficient (Wildman–Crippen LogP) is 1.73. The number of rotatable bonds is 3. The molecule has 1 aromatic carbocycles. The third-order valence-corrected chi connectivity index (χ3v) is 2.63. The van der Waals surface area contributed by atoms with Crippen molar-refractivity contribution in [2.45, 2.75) is 13.0 Å². The maximum Gasteiger partial charge on any atom is 0.258 e. The highest BCUT2D eigenvalue weighted by molar-refractivity contribution is 6.04. The van der Waals surface area contributed by atoms with Gasteiger partial charge >= 0.3 is 0 Å². The lowest BCUT2D eigenvalue weighted by molar-refractivity contribution is 0.102. The molecule has 0 aliphatic carbocycles. The fourth-order valence-electron chi connectivity index (χ4n) is 1.71. The first-order chi connectivity index (χ1) is 8.58. The third kappa shape index (κ3) is 2.57. The molecule has 2 rings (SSSR count). The van der Waals surface area contributed by atoms with Crippen molar-refractivity contribution < 1.29 is 9.90 Å². The van der Waals surface area contributed by atoms with Crippen LogP contribution in [0.1, 0.15) is 28.9 Å². The number of anilines is 1. The molecule has 0 aliphatic rings. The van der Waals surface area contributed by atoms with E-state index in [0.717, 1.165) is 0 Å². The minimum absolute atomic E-state index is 0.240. The lowest BCUT2D eigenvalue weighted by atomic mass is 10.1. The number of benzene rings is 1. The van der Waals surface area contributed by atoms with Crippen molar-refractivity contribution in [3.63, 3.8) is 0 Å². The van der Waals surface area contributed by atoms with Gasteiger partial charge in [-0.3, -0.25) is 9.48 Å². The number of hydrogen-bond donors (Lipinski definition) is 2. The van der Waals surface area contributed by atoms with Crippen molar-refractivity contribution in [2.75, 3.05) is 5.32 Å². The zero-order valence-corrected chi connectivity index (χ0v) is 10.3. The van der Waals surface area contributed by atoms with E-state index in [2.05, 4.69) is 10.4 Å². The molecule has 18 heavy (non-hydrogen) atoms. The molecule has 0 radical (unpaired) electrons. The molecule has 0 fully saturated rings. The fourth-order valence-corrected chi connectivity index (χ4v) is 1.71. The summed E-state index contributed by atoms with van der Waals surface area (Å²) < 4.78 is 1.56. The second-order valence-corrected chi connectivity index (χ2v) is 4.12. The second kappa shape index (κ2) is 5.01. The number of aromatic nitrogens is 2. The molecule has 94 valence electrons. The van der Waals surface area contributed by atoms with Crippen molar-refractivity contribution in [1.82, 2.24) is 9.78 Å². The number of amides is 1. The van der Waals surface area contributed by atoms with Crippen LogP contribution in [0.3, 0.4) is 0 Å². The Morgan fingerprint density at radius 1 is 1.44 bits per heavy atom. The summed E-state index contributed by atoms with van der Waals surface area (Å²) in [6.07, 6.45) is 2.51. The van der Waals surface area contributed by atoms with E-state index < -0.39 is 6.10 Å². The van der Waals surface area contributed by atoms with Gasteiger partial charge in [0.05, 0.1) is 17.9 Å². The molecule has 1 atom stereocenters. The highest BCUT2D eigenvalue weighted by Gasteiger charge is 2.12. The highest BCUT2D eigenvalue weighted by atomic mass is 16.3. The minimum atomic E-state index is -0.629. The first-order valence-corrected chi connectivity index (χ1v) is 5.65. The van der Waals surface area contributed by atoms with E-state index in [1.165, 1.54) is 6.20 Å². The van der Waals surface area contributed by atoms with Crippen LogP contribution < -0.4 is 5.32 Å². The lowest BCUT2D eigenvalue weighted by Gasteiger charge is -2.12. The quantitative estimate of drug-likeness (QED) is 0.865. The molecular formula is C13H15N3O2. The minimum Gasteiger partial charge on any atom is -0.389 e. The van der Waals surface area contributed by atoms with Gasteiger partial charge in [0.25, 0.3) is 5.91 Å². The molecule has 1 amide bonds. The zero-order valence-electron chi connectivity index (χ0n) is 10.3. The molecule has 1 heterocycles. The van der Waals surface area contributed by atoms with Crippen LogP contribution in [-0.4, -0.2) is 20.8 Å². The van der Waals surface area contributed by atoms with Crippen LogP contribution in [0.25, 0.3) is 0 Å². The Morgan fingerprint density at radius 2 is 2.17 bits per heavy atom. The van der Waals surface area contributed by atoms with E-state index in [9.17, 15) is 9.90 Å². The Hall–Kier alpha value is -2.14. The number of aliphatic hydroxyl groups is 1. The van der Waals surface area contributed by atoms with Crippen molar-refractivity contribution in [1.29, 1.82) is 0 Å². The van der Waals surface area contributed by atoms with Crippen LogP contribution in [0.2, 0.25) is 0 Å². The molecule has 1 aromatic heterocycles. The largest absolute Gasteiger partial charge is 0.389 e. The normalized spacial score (nSPS) is 12.2. The number of hydrogen-bond acceptors (Lipinski definition) is 3. The Balaban J connectivity index is 2.22. The van der Waals surface area contributed by atoms with Crippen LogP contribution in [0.5, 0.6) is 0 Å². The Kier molecular flexibility index (Phi) is 3.43. The molecule has 0 saturated carbocycles. The first kappa shape index (κ1) is 12.3. The maximum atomic E-state index is 12.0. The molecule has 2 N–H and O–H groups in total. The Morgan fingerprint density at radius 3 is 2.78 bits per heavy atom. The molecule has 0 aliphatic heterocycles. The smallest absolute Gasteiger partial charge is 0.258 e. The third-order valence-electron chi connectivity index (χ3n) is 2.63. The van der Waals surface area contributed by atoms with Gasteiger partial charge in [-0.1, -0.05) is 18.2 Å². The van der Waals surface area contributed by atoms with E-state index in [1.54, 1.807) is 37.0 Å². The number of para-hydroxylation sites is 1. The van der Waals surface area contributed by atoms with Gasteiger partial charge in [-0.05, 0) is 13.0 Å². The van der Waals surface area contributed by atoms with Crippen LogP contribution >= 0.6 is 0 Å². The van der Waals surface area contributed by atoms with Gasteiger partial charge in [-0.25, -0.2) is 0 Å². The zero-order chi connectivity index (χ0) is 13.1. The molecule has 1 unspecified atom stereocenters. The molecule has 0 saturated heterocycles. The summed E-state index contributed by atoms with van der Waals surface area (Å²) in [5.74, 6) is -0.240. The Bertz CT molecular complexity index is 561. The number of carbonyl (C=O) groups excluding carboxylic acids is 1. The Labute approximate surface area is 105 Å². The number of aliphatic hydroxyl groups excluding tert-OH is 1. The number of aryl methyl sites for hydroxylation is 1. The monoisotopic (exact) mass is 245 g/mol. The van der Waals surface area contributed by atoms with E-state index >= 15 is 0 Å². The second-order valence-electron chi connectivity index (χ2n) is 4.12. The standard InChI is InChI=1S/C13H15N3O2/c1-9(17)11-5-3-4-6-12(11)15-13(18)10-7-14-16(2)8-10/h3-9,17H,1-2H3,(H,15,18). The summed E-state index contributed by atoms with van der Waals surface area (Å²) in [4.78, 5) is 12.0. The topological polar surface area (TPSA) is 67.2 Å². The van der Waals surface area contributed by atoms with Crippen molar-refractivity contribution >= 4 is 11.6 Å². The molecule has 0 spiro atoms. The SMILES string of the molecule is CC(O)c1ccccc1NC(=O)c1cnn(C)c1. The number of nitrogens with zero attached hydrogens (tertiary/aromatic N) is 2. The summed E-state index contributed by atoms with van der Waals surface area (Å²) in [6, 6.07) is 7.17. The average Bonchev–Trinajstić information content (AvgIpc) is 2.76. The van der Waals surface area contributed by atoms with Gasteiger partial charge in [-0.15, -0.1) is 0 Å². The van der Waals surface area contributed by atoms with Gasteiger partial charge < -0.3 is 10.4 Å². The maximum absolute atomic E-state index is 12.0. The molecular weight excluding hydrogens is 230 g/mol. The lowest BCUT2D eigenvalue weighted by Crippen LogP contribution is -2.13. The summed E-state index contributed by atoms with van der Waals surface area (Å²) in [7, 11) is 1.75. The van der Waals surface area contributed by atoms with E-state index in [-0.39, 0.29) is 5.91 Å². The van der Waals surface area contributed by atoms with Gasteiger partial charge in [-0.2, -0.15) is 5.10 Å². The van der Waals surface area contributed by atoms with E-state index in [1.807, 2.05) is 12.1 Å². The van der Waals surface area contributed by atoms with Crippen LogP contribution in [0.4, 0.5) is 5.69 Å². The van der Waals surface area contributed by atoms with Gasteiger partial charge in [0.2, 0.25) is 0 Å². The summed E-state index contributed by atoms with van der Waals surface area (Å²) in [5.41, 5.74) is 1.79. The van der Waals surface area contributed by atoms with Crippen molar-refractivity contribution in [3.8, 4) is 0 Å². The van der Waals surface area contributed by atoms with E-state index in [4.69, 9.17) is 0 Å². The molecule has 0 bridgehead atoms. The van der Waals surface area contributed by atoms with E-state index in [0.29, 0.717) is 16.8 Å². The van der Waals surface area contributed by atoms with Crippen molar-refractivity contribution in [3.05, 3.63) is 47.8 Å². The summed E-state index contributed by atoms with van der Waals surface area (Å²) in [6.45, 7) is 1.66. The van der Waals surface area contributed by atoms with Gasteiger partial charge in [0.15, 0.2) is 0 Å². The van der Waals surface area contributed by atoms with Crippen molar-refractivity contribution in [2.24, 2.45) is 7.05 Å². The predicted molar refractivity (Wildman–Crippen MR) is 68.2 cm³/mol. The average molecular weight is 245 g/mol. The van der Waals surface area contributed by atoms with Crippen LogP contribution in [0.15, 0.2) is 36.7 Å². The van der Waals surface area contributed by atoms with Crippen LogP contribution in [0, 0.1) is 0 Å².